The number of ether oxygens (including phenoxy) is 1. The predicted octanol–water partition coefficient (Wildman–Crippen LogP) is 4.54. The van der Waals surface area contributed by atoms with E-state index in [-0.39, 0.29) is 18.8 Å². The smallest absolute Gasteiger partial charge is 0.406 e. The molecule has 0 aliphatic carbocycles. The van der Waals surface area contributed by atoms with Crippen molar-refractivity contribution in [2.75, 3.05) is 11.4 Å². The summed E-state index contributed by atoms with van der Waals surface area (Å²) < 4.78 is 40.8. The Morgan fingerprint density at radius 2 is 1.66 bits per heavy atom. The van der Waals surface area contributed by atoms with Crippen molar-refractivity contribution >= 4 is 17.6 Å². The van der Waals surface area contributed by atoms with Crippen molar-refractivity contribution in [3.8, 4) is 5.75 Å². The van der Waals surface area contributed by atoms with Gasteiger partial charge in [0.25, 0.3) is 5.91 Å². The molecule has 0 unspecified atom stereocenters. The Bertz CT molecular complexity index is 1120. The first-order valence-electron chi connectivity index (χ1n) is 9.74. The van der Waals surface area contributed by atoms with E-state index in [0.717, 1.165) is 33.9 Å². The fourth-order valence-corrected chi connectivity index (χ4v) is 3.47. The van der Waals surface area contributed by atoms with E-state index < -0.39 is 24.1 Å². The average molecular weight is 441 g/mol. The zero-order valence-electron chi connectivity index (χ0n) is 16.7. The van der Waals surface area contributed by atoms with E-state index in [0.29, 0.717) is 6.42 Å². The van der Waals surface area contributed by atoms with Crippen molar-refractivity contribution in [1.29, 1.82) is 0 Å². The van der Waals surface area contributed by atoms with Gasteiger partial charge in [0.1, 0.15) is 12.3 Å². The lowest BCUT2D eigenvalue weighted by molar-refractivity contribution is -0.274. The number of halogens is 3. The first-order chi connectivity index (χ1) is 15.3. The van der Waals surface area contributed by atoms with Gasteiger partial charge in [-0.15, -0.1) is 13.2 Å². The lowest BCUT2D eigenvalue weighted by Gasteiger charge is -2.18. The normalized spacial score (nSPS) is 14.2. The highest BCUT2D eigenvalue weighted by atomic mass is 19.4. The number of hydrogen-bond donors (Lipinski definition) is 0. The second-order valence-electron chi connectivity index (χ2n) is 7.23. The molecule has 0 radical (unpaired) electrons. The summed E-state index contributed by atoms with van der Waals surface area (Å²) >= 11 is 0. The molecule has 3 aromatic rings. The van der Waals surface area contributed by atoms with Gasteiger partial charge >= 0.3 is 12.4 Å². The van der Waals surface area contributed by atoms with Crippen molar-refractivity contribution in [1.82, 2.24) is 9.88 Å². The molecule has 1 aliphatic heterocycles. The van der Waals surface area contributed by atoms with E-state index in [1.165, 1.54) is 17.0 Å². The van der Waals surface area contributed by atoms with Gasteiger partial charge in [0.15, 0.2) is 0 Å². The molecule has 4 rings (SSSR count). The summed E-state index contributed by atoms with van der Waals surface area (Å²) in [6, 6.07) is 17.6. The molecule has 32 heavy (non-hydrogen) atoms. The van der Waals surface area contributed by atoms with Gasteiger partial charge in [-0.25, -0.2) is 9.69 Å². The summed E-state index contributed by atoms with van der Waals surface area (Å²) in [4.78, 5) is 32.0. The molecule has 0 bridgehead atoms. The van der Waals surface area contributed by atoms with E-state index in [1.54, 1.807) is 12.3 Å². The van der Waals surface area contributed by atoms with E-state index in [2.05, 4.69) is 9.72 Å². The number of amides is 3. The van der Waals surface area contributed by atoms with Crippen LogP contribution in [0.1, 0.15) is 16.8 Å². The number of imide groups is 1. The summed E-state index contributed by atoms with van der Waals surface area (Å²) in [5.74, 6) is -0.891. The van der Waals surface area contributed by atoms with Crippen LogP contribution in [0.4, 0.5) is 23.7 Å². The summed E-state index contributed by atoms with van der Waals surface area (Å²) in [6.07, 6.45) is -2.52. The van der Waals surface area contributed by atoms with Crippen LogP contribution in [0.15, 0.2) is 72.9 Å². The minimum atomic E-state index is -4.82. The summed E-state index contributed by atoms with van der Waals surface area (Å²) in [7, 11) is 0. The number of aromatic nitrogens is 1. The predicted molar refractivity (Wildman–Crippen MR) is 110 cm³/mol. The number of rotatable bonds is 6. The molecule has 1 fully saturated rings. The van der Waals surface area contributed by atoms with Gasteiger partial charge in [0, 0.05) is 24.9 Å². The van der Waals surface area contributed by atoms with Gasteiger partial charge in [-0.05, 0) is 47.5 Å². The molecule has 0 spiro atoms. The highest BCUT2D eigenvalue weighted by Crippen LogP contribution is 2.28. The lowest BCUT2D eigenvalue weighted by atomic mass is 10.1. The zero-order valence-corrected chi connectivity index (χ0v) is 16.7. The Balaban J connectivity index is 1.45. The maximum Gasteiger partial charge on any atom is 0.573 e. The van der Waals surface area contributed by atoms with E-state index in [4.69, 9.17) is 0 Å². The number of urea groups is 1. The van der Waals surface area contributed by atoms with Crippen molar-refractivity contribution < 1.29 is 27.5 Å². The minimum Gasteiger partial charge on any atom is -0.406 e. The third-order valence-electron chi connectivity index (χ3n) is 4.85. The molecule has 0 saturated carbocycles. The first kappa shape index (κ1) is 21.4. The van der Waals surface area contributed by atoms with Gasteiger partial charge in [0.05, 0.1) is 5.69 Å². The number of pyridine rings is 1. The van der Waals surface area contributed by atoms with Gasteiger partial charge in [-0.3, -0.25) is 9.78 Å². The van der Waals surface area contributed by atoms with Crippen molar-refractivity contribution in [2.24, 2.45) is 0 Å². The molecular weight excluding hydrogens is 423 g/mol. The Kier molecular flexibility index (Phi) is 5.81. The molecule has 9 heteroatoms. The van der Waals surface area contributed by atoms with E-state index >= 15 is 0 Å². The number of hydrogen-bond acceptors (Lipinski definition) is 4. The zero-order chi connectivity index (χ0) is 22.7. The fourth-order valence-electron chi connectivity index (χ4n) is 3.47. The quantitative estimate of drug-likeness (QED) is 0.527. The molecule has 1 aliphatic rings. The lowest BCUT2D eigenvalue weighted by Crippen LogP contribution is -2.32. The van der Waals surface area contributed by atoms with Crippen LogP contribution in [0, 0.1) is 0 Å². The molecule has 2 aromatic carbocycles. The molecule has 3 amide bonds. The third-order valence-corrected chi connectivity index (χ3v) is 4.85. The van der Waals surface area contributed by atoms with Gasteiger partial charge in [0.2, 0.25) is 0 Å². The fraction of sp³-hybridized carbons (Fsp3) is 0.174. The van der Waals surface area contributed by atoms with Crippen LogP contribution < -0.4 is 9.64 Å². The van der Waals surface area contributed by atoms with Crippen LogP contribution in [0.2, 0.25) is 0 Å². The van der Waals surface area contributed by atoms with Gasteiger partial charge in [-0.2, -0.15) is 0 Å². The maximum absolute atomic E-state index is 12.8. The summed E-state index contributed by atoms with van der Waals surface area (Å²) in [5.41, 5.74) is 2.94. The molecule has 2 heterocycles. The average Bonchev–Trinajstić information content (AvgIpc) is 3.01. The number of alkyl halides is 3. The largest absolute Gasteiger partial charge is 0.573 e. The van der Waals surface area contributed by atoms with Crippen LogP contribution in [-0.2, 0) is 17.8 Å². The number of nitrogens with zero attached hydrogens (tertiary/aromatic N) is 3. The first-order valence-corrected chi connectivity index (χ1v) is 9.74. The molecule has 0 N–H and O–H groups in total. The maximum atomic E-state index is 12.8. The van der Waals surface area contributed by atoms with Gasteiger partial charge < -0.3 is 9.64 Å². The molecule has 0 atom stereocenters. The second-order valence-corrected chi connectivity index (χ2v) is 7.23. The Hall–Kier alpha value is -3.88. The highest BCUT2D eigenvalue weighted by Gasteiger charge is 2.37. The number of benzene rings is 2. The molecule has 164 valence electrons. The van der Waals surface area contributed by atoms with Crippen molar-refractivity contribution in [2.45, 2.75) is 19.3 Å². The highest BCUT2D eigenvalue weighted by molar-refractivity contribution is 6.19. The van der Waals surface area contributed by atoms with Crippen LogP contribution >= 0.6 is 0 Å². The number of carbonyl (C=O) groups excluding carboxylic acids is 2. The monoisotopic (exact) mass is 441 g/mol. The Morgan fingerprint density at radius 1 is 0.938 bits per heavy atom. The second kappa shape index (κ2) is 8.70. The van der Waals surface area contributed by atoms with Crippen LogP contribution in [0.25, 0.3) is 0 Å². The van der Waals surface area contributed by atoms with Crippen LogP contribution in [0.3, 0.4) is 0 Å². The van der Waals surface area contributed by atoms with Gasteiger partial charge in [-0.1, -0.05) is 30.3 Å². The molecule has 1 aromatic heterocycles. The third kappa shape index (κ3) is 5.05. The van der Waals surface area contributed by atoms with E-state index in [1.807, 2.05) is 36.4 Å². The van der Waals surface area contributed by atoms with Crippen LogP contribution in [0.5, 0.6) is 5.75 Å². The standard InChI is InChI=1S/C23H18F3N3O3/c24-23(25,26)32-20-8-6-19(7-9-20)29-21(30)15-28(22(29)31)14-17-10-11-27-18(13-17)12-16-4-2-1-3-5-16/h1-11,13H,12,14-15H2. The number of anilines is 1. The molecule has 6 nitrogen and oxygen atoms in total. The topological polar surface area (TPSA) is 62.7 Å². The SMILES string of the molecule is O=C1CN(Cc2ccnc(Cc3ccccc3)c2)C(=O)N1c1ccc(OC(F)(F)F)cc1. The van der Waals surface area contributed by atoms with E-state index in [9.17, 15) is 22.8 Å². The minimum absolute atomic E-state index is 0.129. The Morgan fingerprint density at radius 3 is 2.34 bits per heavy atom. The van der Waals surface area contributed by atoms with Crippen LogP contribution in [-0.4, -0.2) is 34.7 Å². The van der Waals surface area contributed by atoms with Crippen molar-refractivity contribution in [3.63, 3.8) is 0 Å². The summed E-state index contributed by atoms with van der Waals surface area (Å²) in [5, 5.41) is 0. The molecule has 1 saturated heterocycles. The Labute approximate surface area is 181 Å². The number of carbonyl (C=O) groups is 2. The van der Waals surface area contributed by atoms with Crippen molar-refractivity contribution in [3.05, 3.63) is 89.7 Å². The summed E-state index contributed by atoms with van der Waals surface area (Å²) in [6.45, 7) is 0.0800. The molecular formula is C23H18F3N3O3.